The van der Waals surface area contributed by atoms with Gasteiger partial charge in [-0.15, -0.1) is 0 Å². The van der Waals surface area contributed by atoms with Crippen molar-refractivity contribution in [3.05, 3.63) is 35.9 Å². The smallest absolute Gasteiger partial charge is 0.193 e. The minimum Gasteiger partial charge on any atom is -0.376 e. The van der Waals surface area contributed by atoms with Gasteiger partial charge in [0, 0.05) is 39.1 Å². The summed E-state index contributed by atoms with van der Waals surface area (Å²) in [5.74, 6) is 1.61. The van der Waals surface area contributed by atoms with Gasteiger partial charge in [0.1, 0.15) is 0 Å². The van der Waals surface area contributed by atoms with Crippen LogP contribution in [-0.2, 0) is 11.3 Å². The maximum Gasteiger partial charge on any atom is 0.193 e. The third kappa shape index (κ3) is 6.67. The van der Waals surface area contributed by atoms with Crippen molar-refractivity contribution in [1.29, 1.82) is 0 Å². The minimum atomic E-state index is 0.588. The second kappa shape index (κ2) is 11.1. The van der Waals surface area contributed by atoms with Gasteiger partial charge in [-0.2, -0.15) is 0 Å². The molecule has 5 heteroatoms. The zero-order chi connectivity index (χ0) is 17.9. The predicted octanol–water partition coefficient (Wildman–Crippen LogP) is 2.44. The van der Waals surface area contributed by atoms with Gasteiger partial charge >= 0.3 is 0 Å². The van der Waals surface area contributed by atoms with E-state index >= 15 is 0 Å². The number of likely N-dealkylation sites (tertiary alicyclic amines) is 1. The maximum atomic E-state index is 5.91. The van der Waals surface area contributed by atoms with Crippen LogP contribution in [-0.4, -0.2) is 68.7 Å². The Kier molecular flexibility index (Phi) is 8.77. The van der Waals surface area contributed by atoms with E-state index in [9.17, 15) is 0 Å². The van der Waals surface area contributed by atoms with Crippen LogP contribution in [0, 0.1) is 5.92 Å². The molecule has 1 aliphatic heterocycles. The molecule has 0 saturated carbocycles. The highest BCUT2D eigenvalue weighted by Gasteiger charge is 2.24. The highest BCUT2D eigenvalue weighted by molar-refractivity contribution is 5.80. The summed E-state index contributed by atoms with van der Waals surface area (Å²) in [4.78, 5) is 9.23. The molecule has 0 aliphatic carbocycles. The van der Waals surface area contributed by atoms with Crippen LogP contribution in [0.1, 0.15) is 25.8 Å². The van der Waals surface area contributed by atoms with E-state index in [0.29, 0.717) is 12.5 Å². The van der Waals surface area contributed by atoms with Gasteiger partial charge in [0.2, 0.25) is 0 Å². The summed E-state index contributed by atoms with van der Waals surface area (Å²) in [5.41, 5.74) is 1.24. The van der Waals surface area contributed by atoms with Crippen molar-refractivity contribution in [1.82, 2.24) is 15.1 Å². The van der Waals surface area contributed by atoms with Crippen LogP contribution in [0.2, 0.25) is 0 Å². The Balaban J connectivity index is 1.67. The molecular weight excluding hydrogens is 312 g/mol. The first-order valence-electron chi connectivity index (χ1n) is 9.56. The third-order valence-corrected chi connectivity index (χ3v) is 4.87. The first kappa shape index (κ1) is 19.7. The molecule has 1 aromatic carbocycles. The fourth-order valence-corrected chi connectivity index (χ4v) is 3.28. The molecule has 1 N–H and O–H groups in total. The van der Waals surface area contributed by atoms with Gasteiger partial charge in [0.15, 0.2) is 5.96 Å². The molecule has 0 aromatic heterocycles. The molecule has 1 aliphatic rings. The lowest BCUT2D eigenvalue weighted by atomic mass is 10.1. The van der Waals surface area contributed by atoms with Gasteiger partial charge in [-0.25, -0.2) is 0 Å². The number of hydrogen-bond donors (Lipinski definition) is 1. The Morgan fingerprint density at radius 3 is 2.72 bits per heavy atom. The molecule has 1 unspecified atom stereocenters. The van der Waals surface area contributed by atoms with Gasteiger partial charge < -0.3 is 19.9 Å². The molecule has 1 heterocycles. The van der Waals surface area contributed by atoms with Crippen molar-refractivity contribution in [2.75, 3.05) is 52.9 Å². The molecule has 140 valence electrons. The quantitative estimate of drug-likeness (QED) is 0.551. The molecule has 1 atom stereocenters. The van der Waals surface area contributed by atoms with Crippen molar-refractivity contribution < 1.29 is 4.74 Å². The van der Waals surface area contributed by atoms with E-state index in [2.05, 4.69) is 58.2 Å². The topological polar surface area (TPSA) is 40.1 Å². The lowest BCUT2D eigenvalue weighted by Crippen LogP contribution is -2.43. The van der Waals surface area contributed by atoms with E-state index in [1.807, 2.05) is 13.1 Å². The second-order valence-electron chi connectivity index (χ2n) is 6.60. The molecule has 25 heavy (non-hydrogen) atoms. The molecule has 1 aromatic rings. The van der Waals surface area contributed by atoms with Gasteiger partial charge in [0.05, 0.1) is 13.2 Å². The predicted molar refractivity (Wildman–Crippen MR) is 105 cm³/mol. The average Bonchev–Trinajstić information content (AvgIpc) is 3.11. The van der Waals surface area contributed by atoms with Gasteiger partial charge in [-0.3, -0.25) is 4.99 Å². The van der Waals surface area contributed by atoms with Crippen LogP contribution in [0.5, 0.6) is 0 Å². The monoisotopic (exact) mass is 346 g/mol. The van der Waals surface area contributed by atoms with Crippen molar-refractivity contribution in [3.8, 4) is 0 Å². The Hall–Kier alpha value is -1.59. The van der Waals surface area contributed by atoms with Crippen molar-refractivity contribution in [3.63, 3.8) is 0 Å². The van der Waals surface area contributed by atoms with Crippen molar-refractivity contribution >= 4 is 5.96 Å². The van der Waals surface area contributed by atoms with E-state index in [-0.39, 0.29) is 0 Å². The molecular formula is C20H34N4O. The van der Waals surface area contributed by atoms with E-state index in [1.54, 1.807) is 0 Å². The number of nitrogens with one attached hydrogen (secondary N) is 1. The highest BCUT2D eigenvalue weighted by Crippen LogP contribution is 2.17. The summed E-state index contributed by atoms with van der Waals surface area (Å²) < 4.78 is 5.91. The van der Waals surface area contributed by atoms with E-state index in [1.165, 1.54) is 12.0 Å². The number of likely N-dealkylation sites (N-methyl/N-ethyl adjacent to an activating group) is 1. The largest absolute Gasteiger partial charge is 0.376 e. The number of rotatable bonds is 9. The Bertz CT molecular complexity index is 502. The average molecular weight is 347 g/mol. The van der Waals surface area contributed by atoms with Gasteiger partial charge in [-0.05, 0) is 25.1 Å². The van der Waals surface area contributed by atoms with E-state index in [0.717, 1.165) is 51.8 Å². The maximum absolute atomic E-state index is 5.91. The van der Waals surface area contributed by atoms with Crippen LogP contribution in [0.25, 0.3) is 0 Å². The van der Waals surface area contributed by atoms with Crippen LogP contribution >= 0.6 is 0 Å². The third-order valence-electron chi connectivity index (χ3n) is 4.87. The van der Waals surface area contributed by atoms with Gasteiger partial charge in [0.25, 0.3) is 0 Å². The molecule has 2 rings (SSSR count). The van der Waals surface area contributed by atoms with E-state index < -0.39 is 0 Å². The lowest BCUT2D eigenvalue weighted by molar-refractivity contribution is 0.0906. The fourth-order valence-electron chi connectivity index (χ4n) is 3.28. The zero-order valence-electron chi connectivity index (χ0n) is 16.1. The molecule has 0 bridgehead atoms. The second-order valence-corrected chi connectivity index (χ2v) is 6.60. The number of guanidine groups is 1. The first-order valence-corrected chi connectivity index (χ1v) is 9.56. The molecule has 0 spiro atoms. The van der Waals surface area contributed by atoms with Crippen LogP contribution in [0.3, 0.4) is 0 Å². The summed E-state index contributed by atoms with van der Waals surface area (Å²) in [5, 5.41) is 3.51. The SMILES string of the molecule is CCN(CC)CCNC(=NC)N1CCC(COCc2ccccc2)C1. The number of ether oxygens (including phenoxy) is 1. The molecule has 0 radical (unpaired) electrons. The zero-order valence-corrected chi connectivity index (χ0v) is 16.1. The van der Waals surface area contributed by atoms with Crippen LogP contribution < -0.4 is 5.32 Å². The molecule has 1 fully saturated rings. The molecule has 5 nitrogen and oxygen atoms in total. The summed E-state index contributed by atoms with van der Waals surface area (Å²) in [6, 6.07) is 10.4. The van der Waals surface area contributed by atoms with Crippen LogP contribution in [0.4, 0.5) is 0 Å². The van der Waals surface area contributed by atoms with Gasteiger partial charge in [-0.1, -0.05) is 44.2 Å². The summed E-state index contributed by atoms with van der Waals surface area (Å²) >= 11 is 0. The Morgan fingerprint density at radius 2 is 2.04 bits per heavy atom. The van der Waals surface area contributed by atoms with Crippen molar-refractivity contribution in [2.45, 2.75) is 26.9 Å². The first-order chi connectivity index (χ1) is 12.3. The van der Waals surface area contributed by atoms with Crippen LogP contribution in [0.15, 0.2) is 35.3 Å². The number of benzene rings is 1. The molecule has 0 amide bonds. The molecule has 1 saturated heterocycles. The standard InChI is InChI=1S/C20H34N4O/c1-4-23(5-2)14-12-22-20(21-3)24-13-11-19(15-24)17-25-16-18-9-7-6-8-10-18/h6-10,19H,4-5,11-17H2,1-3H3,(H,21,22). The summed E-state index contributed by atoms with van der Waals surface area (Å²) in [7, 11) is 1.87. The summed E-state index contributed by atoms with van der Waals surface area (Å²) in [6.07, 6.45) is 1.17. The number of nitrogens with zero attached hydrogens (tertiary/aromatic N) is 3. The minimum absolute atomic E-state index is 0.588. The highest BCUT2D eigenvalue weighted by atomic mass is 16.5. The Morgan fingerprint density at radius 1 is 1.28 bits per heavy atom. The number of aliphatic imine (C=N–C) groups is 1. The normalized spacial score (nSPS) is 18.2. The van der Waals surface area contributed by atoms with E-state index in [4.69, 9.17) is 4.74 Å². The fraction of sp³-hybridized carbons (Fsp3) is 0.650. The lowest BCUT2D eigenvalue weighted by Gasteiger charge is -2.24. The Labute approximate surface area is 153 Å². The number of hydrogen-bond acceptors (Lipinski definition) is 3. The van der Waals surface area contributed by atoms with Crippen molar-refractivity contribution in [2.24, 2.45) is 10.9 Å². The summed E-state index contributed by atoms with van der Waals surface area (Å²) in [6.45, 7) is 12.2.